The first-order valence-electron chi connectivity index (χ1n) is 6.77. The van der Waals surface area contributed by atoms with Gasteiger partial charge in [0.15, 0.2) is 11.5 Å². The summed E-state index contributed by atoms with van der Waals surface area (Å²) in [6, 6.07) is 9.20. The number of aromatic amines is 1. The van der Waals surface area contributed by atoms with Crippen molar-refractivity contribution >= 4 is 11.5 Å². The second-order valence-corrected chi connectivity index (χ2v) is 5.24. The van der Waals surface area contributed by atoms with E-state index < -0.39 is 0 Å². The number of hydrogen-bond acceptors (Lipinski definition) is 4. The molecule has 5 nitrogen and oxygen atoms in total. The van der Waals surface area contributed by atoms with E-state index in [0.717, 1.165) is 22.4 Å². The first kappa shape index (κ1) is 12.7. The van der Waals surface area contributed by atoms with Gasteiger partial charge in [0.25, 0.3) is 0 Å². The van der Waals surface area contributed by atoms with Crippen molar-refractivity contribution in [3.05, 3.63) is 53.3 Å². The van der Waals surface area contributed by atoms with Crippen molar-refractivity contribution in [2.45, 2.75) is 6.42 Å². The molecule has 0 amide bonds. The molecule has 4 N–H and O–H groups in total. The second kappa shape index (κ2) is 4.49. The molecule has 2 aromatic carbocycles. The molecule has 0 spiro atoms. The summed E-state index contributed by atoms with van der Waals surface area (Å²) < 4.78 is 13.3. The third kappa shape index (κ3) is 1.88. The van der Waals surface area contributed by atoms with Gasteiger partial charge >= 0.3 is 0 Å². The smallest absolute Gasteiger partial charge is 0.158 e. The van der Waals surface area contributed by atoms with Crippen molar-refractivity contribution in [3.63, 3.8) is 0 Å². The van der Waals surface area contributed by atoms with E-state index in [4.69, 9.17) is 0 Å². The molecule has 0 bridgehead atoms. The Morgan fingerprint density at radius 3 is 2.77 bits per heavy atom. The molecule has 0 saturated heterocycles. The Kier molecular flexibility index (Phi) is 2.59. The van der Waals surface area contributed by atoms with E-state index in [0.29, 0.717) is 17.9 Å². The molecule has 0 fully saturated rings. The number of phenolic OH excluding ortho intramolecular Hbond substituents is 2. The van der Waals surface area contributed by atoms with Crippen LogP contribution in [0.2, 0.25) is 0 Å². The molecular formula is C16H12FN3O2. The van der Waals surface area contributed by atoms with Crippen LogP contribution in [0.5, 0.6) is 11.5 Å². The van der Waals surface area contributed by atoms with Gasteiger partial charge < -0.3 is 15.5 Å². The van der Waals surface area contributed by atoms with E-state index in [-0.39, 0.29) is 17.3 Å². The summed E-state index contributed by atoms with van der Waals surface area (Å²) in [5.41, 5.74) is 3.94. The van der Waals surface area contributed by atoms with E-state index in [9.17, 15) is 14.6 Å². The average Bonchev–Trinajstić information content (AvgIpc) is 3.01. The number of hydrogen-bond donors (Lipinski definition) is 4. The van der Waals surface area contributed by atoms with Crippen molar-refractivity contribution < 1.29 is 14.6 Å². The summed E-state index contributed by atoms with van der Waals surface area (Å²) in [5, 5.41) is 29.5. The molecule has 0 radical (unpaired) electrons. The van der Waals surface area contributed by atoms with Gasteiger partial charge in [-0.15, -0.1) is 0 Å². The van der Waals surface area contributed by atoms with E-state index in [1.807, 2.05) is 0 Å². The van der Waals surface area contributed by atoms with Crippen molar-refractivity contribution in [1.82, 2.24) is 10.2 Å². The van der Waals surface area contributed by atoms with Gasteiger partial charge in [0, 0.05) is 23.2 Å². The summed E-state index contributed by atoms with van der Waals surface area (Å²) in [6.45, 7) is 0. The highest BCUT2D eigenvalue weighted by Gasteiger charge is 2.26. The molecule has 0 unspecified atom stereocenters. The second-order valence-electron chi connectivity index (χ2n) is 5.24. The number of anilines is 2. The largest absolute Gasteiger partial charge is 0.504 e. The van der Waals surface area contributed by atoms with Crippen LogP contribution in [0.3, 0.4) is 0 Å². The molecule has 1 aliphatic carbocycles. The van der Waals surface area contributed by atoms with Gasteiger partial charge in [-0.2, -0.15) is 5.10 Å². The number of halogens is 1. The molecule has 110 valence electrons. The van der Waals surface area contributed by atoms with Crippen LogP contribution in [0, 0.1) is 5.82 Å². The predicted molar refractivity (Wildman–Crippen MR) is 79.8 cm³/mol. The molecule has 4 rings (SSSR count). The molecule has 6 heteroatoms. The molecule has 22 heavy (non-hydrogen) atoms. The van der Waals surface area contributed by atoms with Crippen molar-refractivity contribution in [2.24, 2.45) is 0 Å². The number of rotatable bonds is 2. The Balaban J connectivity index is 1.72. The van der Waals surface area contributed by atoms with E-state index in [1.54, 1.807) is 12.1 Å². The number of H-pyrrole nitrogens is 1. The number of aromatic nitrogens is 2. The number of phenols is 2. The van der Waals surface area contributed by atoms with Gasteiger partial charge in [-0.05, 0) is 35.9 Å². The Morgan fingerprint density at radius 1 is 1.14 bits per heavy atom. The quantitative estimate of drug-likeness (QED) is 0.428. The van der Waals surface area contributed by atoms with Crippen molar-refractivity contribution in [2.75, 3.05) is 5.32 Å². The summed E-state index contributed by atoms with van der Waals surface area (Å²) in [5.74, 6) is 0.0387. The van der Waals surface area contributed by atoms with Crippen LogP contribution in [-0.2, 0) is 6.42 Å². The Hall–Kier alpha value is -3.02. The summed E-state index contributed by atoms with van der Waals surface area (Å²) in [6.07, 6.45) is 0.576. The third-order valence-electron chi connectivity index (χ3n) is 3.78. The van der Waals surface area contributed by atoms with Crippen LogP contribution in [0.1, 0.15) is 11.1 Å². The highest BCUT2D eigenvalue weighted by atomic mass is 19.1. The maximum atomic E-state index is 13.3. The highest BCUT2D eigenvalue weighted by molar-refractivity contribution is 5.81. The fraction of sp³-hybridized carbons (Fsp3) is 0.0625. The standard InChI is InChI=1S/C16H12FN3O2/c17-9-2-1-3-10(6-9)18-16-12-4-8-5-13(21)14(22)7-11(8)15(12)19-20-16/h1-3,5-7,21-22H,4H2,(H2,18,19,20). The van der Waals surface area contributed by atoms with Gasteiger partial charge in [-0.25, -0.2) is 4.39 Å². The van der Waals surface area contributed by atoms with Crippen LogP contribution >= 0.6 is 0 Å². The molecular weight excluding hydrogens is 285 g/mol. The summed E-state index contributed by atoms with van der Waals surface area (Å²) in [4.78, 5) is 0. The minimum Gasteiger partial charge on any atom is -0.504 e. The Labute approximate surface area is 125 Å². The minimum absolute atomic E-state index is 0.146. The molecule has 0 saturated carbocycles. The lowest BCUT2D eigenvalue weighted by atomic mass is 10.1. The Bertz CT molecular complexity index is 889. The number of benzene rings is 2. The maximum Gasteiger partial charge on any atom is 0.158 e. The Morgan fingerprint density at radius 2 is 1.95 bits per heavy atom. The van der Waals surface area contributed by atoms with Gasteiger partial charge in [0.05, 0.1) is 5.69 Å². The maximum absolute atomic E-state index is 13.3. The molecule has 1 aliphatic rings. The fourth-order valence-corrected chi connectivity index (χ4v) is 2.75. The fourth-order valence-electron chi connectivity index (χ4n) is 2.75. The molecule has 0 atom stereocenters. The number of fused-ring (bicyclic) bond motifs is 3. The predicted octanol–water partition coefficient (Wildman–Crippen LogP) is 3.27. The minimum atomic E-state index is -0.320. The van der Waals surface area contributed by atoms with Gasteiger partial charge in [-0.3, -0.25) is 5.10 Å². The number of nitrogens with zero attached hydrogens (tertiary/aromatic N) is 1. The summed E-state index contributed by atoms with van der Waals surface area (Å²) in [7, 11) is 0. The molecule has 3 aromatic rings. The van der Waals surface area contributed by atoms with Gasteiger partial charge in [0.1, 0.15) is 11.6 Å². The van der Waals surface area contributed by atoms with Crippen LogP contribution in [0.15, 0.2) is 36.4 Å². The zero-order chi connectivity index (χ0) is 15.3. The van der Waals surface area contributed by atoms with Crippen LogP contribution < -0.4 is 5.32 Å². The van der Waals surface area contributed by atoms with E-state index in [1.165, 1.54) is 24.3 Å². The first-order valence-corrected chi connectivity index (χ1v) is 6.77. The zero-order valence-corrected chi connectivity index (χ0v) is 11.4. The number of nitrogens with one attached hydrogen (secondary N) is 2. The lowest BCUT2D eigenvalue weighted by Crippen LogP contribution is -1.95. The lowest BCUT2D eigenvalue weighted by molar-refractivity contribution is 0.403. The third-order valence-corrected chi connectivity index (χ3v) is 3.78. The topological polar surface area (TPSA) is 81.2 Å². The van der Waals surface area contributed by atoms with Crippen LogP contribution in [0.25, 0.3) is 11.3 Å². The number of aromatic hydroxyl groups is 2. The molecule has 1 aromatic heterocycles. The van der Waals surface area contributed by atoms with Gasteiger partial charge in [0.2, 0.25) is 0 Å². The molecule has 0 aliphatic heterocycles. The highest BCUT2D eigenvalue weighted by Crippen LogP contribution is 2.43. The van der Waals surface area contributed by atoms with Crippen LogP contribution in [-0.4, -0.2) is 20.4 Å². The first-order chi connectivity index (χ1) is 10.6. The monoisotopic (exact) mass is 297 g/mol. The normalized spacial score (nSPS) is 12.0. The zero-order valence-electron chi connectivity index (χ0n) is 11.4. The van der Waals surface area contributed by atoms with E-state index in [2.05, 4.69) is 15.5 Å². The summed E-state index contributed by atoms with van der Waals surface area (Å²) >= 11 is 0. The van der Waals surface area contributed by atoms with E-state index >= 15 is 0 Å². The van der Waals surface area contributed by atoms with Crippen LogP contribution in [0.4, 0.5) is 15.9 Å². The average molecular weight is 297 g/mol. The SMILES string of the molecule is Oc1cc2c(cc1O)-c1n[nH]c(Nc3cccc(F)c3)c1C2. The van der Waals surface area contributed by atoms with Gasteiger partial charge in [-0.1, -0.05) is 6.07 Å². The molecule has 1 heterocycles. The lowest BCUT2D eigenvalue weighted by Gasteiger charge is -2.06. The van der Waals surface area contributed by atoms with Crippen molar-refractivity contribution in [1.29, 1.82) is 0 Å². The van der Waals surface area contributed by atoms with Crippen molar-refractivity contribution in [3.8, 4) is 22.8 Å².